The molecule has 9 nitrogen and oxygen atoms in total. The quantitative estimate of drug-likeness (QED) is 0.0964. The highest BCUT2D eigenvalue weighted by Gasteiger charge is 2.49. The topological polar surface area (TPSA) is 133 Å². The number of carboxylic acid groups (broad SMARTS) is 2. The van der Waals surface area contributed by atoms with Crippen LogP contribution in [0.1, 0.15) is 40.4 Å². The van der Waals surface area contributed by atoms with Crippen molar-refractivity contribution in [3.8, 4) is 0 Å². The second-order valence-corrected chi connectivity index (χ2v) is 13.2. The third-order valence-electron chi connectivity index (χ3n) is 8.77. The van der Waals surface area contributed by atoms with E-state index in [1.54, 1.807) is 11.3 Å². The number of fused-ring (bicyclic) bond motifs is 4. The van der Waals surface area contributed by atoms with Crippen molar-refractivity contribution >= 4 is 45.1 Å². The Bertz CT molecular complexity index is 1800. The molecule has 1 unspecified atom stereocenters. The molecule has 4 heterocycles. The number of ketones is 1. The molecule has 3 fully saturated rings. The predicted molar refractivity (Wildman–Crippen MR) is 176 cm³/mol. The van der Waals surface area contributed by atoms with E-state index in [0.717, 1.165) is 52.7 Å². The number of carbonyl (C=O) groups is 4. The number of rotatable bonds is 9. The van der Waals surface area contributed by atoms with Gasteiger partial charge in [0.2, 0.25) is 5.78 Å². The van der Waals surface area contributed by atoms with Gasteiger partial charge in [0.25, 0.3) is 0 Å². The molecule has 0 amide bonds. The van der Waals surface area contributed by atoms with Crippen LogP contribution in [0.25, 0.3) is 10.1 Å². The van der Waals surface area contributed by atoms with Gasteiger partial charge in [0.1, 0.15) is 25.1 Å². The summed E-state index contributed by atoms with van der Waals surface area (Å²) in [5.41, 5.74) is 2.85. The first-order valence-corrected chi connectivity index (χ1v) is 16.8. The van der Waals surface area contributed by atoms with Gasteiger partial charge in [-0.15, -0.1) is 11.3 Å². The summed E-state index contributed by atoms with van der Waals surface area (Å²) < 4.78 is 71.5. The van der Waals surface area contributed by atoms with Crippen LogP contribution in [0.3, 0.4) is 0 Å². The summed E-state index contributed by atoms with van der Waals surface area (Å²) in [7, 11) is 0. The number of benzene rings is 3. The molecule has 0 aliphatic carbocycles. The Balaban J connectivity index is 0.000000367. The summed E-state index contributed by atoms with van der Waals surface area (Å²) in [5.74, 6) is -5.46. The lowest BCUT2D eigenvalue weighted by atomic mass is 9.82. The summed E-state index contributed by atoms with van der Waals surface area (Å²) in [4.78, 5) is 44.6. The van der Waals surface area contributed by atoms with Crippen LogP contribution in [0, 0.1) is 5.92 Å². The number of Topliss-reactive ketones (excluding diaryl/α,β-unsaturated/α-hetero) is 1. The van der Waals surface area contributed by atoms with E-state index in [-0.39, 0.29) is 17.9 Å². The summed E-state index contributed by atoms with van der Waals surface area (Å²) in [6.45, 7) is 3.70. The number of quaternary nitrogens is 1. The molecule has 4 aromatic rings. The van der Waals surface area contributed by atoms with Crippen molar-refractivity contribution in [1.29, 1.82) is 0 Å². The molecule has 3 aliphatic rings. The second-order valence-electron chi connectivity index (χ2n) is 12.3. The Hall–Kier alpha value is -4.80. The van der Waals surface area contributed by atoms with Crippen LogP contribution in [-0.2, 0) is 25.7 Å². The highest BCUT2D eigenvalue weighted by atomic mass is 32.1. The maximum absolute atomic E-state index is 13.8. The summed E-state index contributed by atoms with van der Waals surface area (Å²) >= 11 is 1.66. The lowest BCUT2D eigenvalue weighted by Crippen LogP contribution is -2.65. The lowest BCUT2D eigenvalue weighted by Gasteiger charge is -2.51. The van der Waals surface area contributed by atoms with Crippen molar-refractivity contribution in [3.63, 3.8) is 0 Å². The molecule has 3 aromatic carbocycles. The third-order valence-corrected chi connectivity index (χ3v) is 9.75. The zero-order valence-electron chi connectivity index (χ0n) is 27.4. The van der Waals surface area contributed by atoms with Crippen LogP contribution in [0.2, 0.25) is 0 Å². The molecule has 0 radical (unpaired) electrons. The number of piperidine rings is 3. The first-order chi connectivity index (χ1) is 24.5. The molecule has 2 bridgehead atoms. The van der Waals surface area contributed by atoms with E-state index in [9.17, 15) is 35.9 Å². The summed E-state index contributed by atoms with van der Waals surface area (Å²) in [6, 6.07) is 27.3. The highest BCUT2D eigenvalue weighted by Crippen LogP contribution is 2.37. The molecule has 16 heteroatoms. The van der Waals surface area contributed by atoms with Gasteiger partial charge in [-0.05, 0) is 28.0 Å². The van der Waals surface area contributed by atoms with Crippen LogP contribution in [0.15, 0.2) is 90.3 Å². The molecule has 278 valence electrons. The first kappa shape index (κ1) is 40.0. The van der Waals surface area contributed by atoms with Gasteiger partial charge >= 0.3 is 24.3 Å². The number of hydrogen-bond acceptors (Lipinski definition) is 8. The second kappa shape index (κ2) is 17.1. The van der Waals surface area contributed by atoms with Gasteiger partial charge < -0.3 is 24.2 Å². The van der Waals surface area contributed by atoms with E-state index >= 15 is 0 Å². The van der Waals surface area contributed by atoms with Crippen LogP contribution in [0.5, 0.6) is 0 Å². The number of hydrogen-bond donors (Lipinski definition) is 2. The molecule has 2 atom stereocenters. The third kappa shape index (κ3) is 10.9. The molecule has 2 N–H and O–H groups in total. The van der Waals surface area contributed by atoms with E-state index < -0.39 is 30.3 Å². The molecule has 1 aromatic heterocycles. The first-order valence-electron chi connectivity index (χ1n) is 15.9. The standard InChI is InChI=1S/C32H33N2O3S.2C2HF3O2/c35-28(24-11-5-2-6-12-24)20-34-17-15-25(16-18-34)29(21-34)37-32(36)31(33-19-23-9-3-1-4-10-23)27-22-38-30-14-8-7-13-26(27)30;2*3-2(4,5)1(6)7/h1-14,22,25,29,31,33H,15-21H2;2*(H,6,7)/q+1;;/p-1/t25?,29-,31?,34?;;/m0../s1. The number of thiophene rings is 1. The van der Waals surface area contributed by atoms with Crippen molar-refractivity contribution in [2.24, 2.45) is 5.92 Å². The van der Waals surface area contributed by atoms with E-state index in [0.29, 0.717) is 30.0 Å². The fourth-order valence-corrected chi connectivity index (χ4v) is 7.16. The minimum Gasteiger partial charge on any atom is -0.542 e. The van der Waals surface area contributed by atoms with Crippen molar-refractivity contribution in [2.75, 3.05) is 26.2 Å². The number of halogens is 6. The SMILES string of the molecule is O=C(C[N+]12CCC(CC1)[C@@H](OC(=O)C(NCc1ccccc1)c1csc3ccccc13)C2)c1ccccc1.O=C(O)C(F)(F)F.O=C([O-])C(F)(F)F. The molecule has 3 aliphatic heterocycles. The number of esters is 1. The van der Waals surface area contributed by atoms with Gasteiger partial charge in [-0.1, -0.05) is 78.9 Å². The van der Waals surface area contributed by atoms with Crippen molar-refractivity contribution in [3.05, 3.63) is 107 Å². The molecule has 7 rings (SSSR count). The van der Waals surface area contributed by atoms with Crippen molar-refractivity contribution in [1.82, 2.24) is 5.32 Å². The average Bonchev–Trinajstić information content (AvgIpc) is 3.53. The Morgan fingerprint density at radius 2 is 1.40 bits per heavy atom. The lowest BCUT2D eigenvalue weighted by molar-refractivity contribution is -0.938. The minimum atomic E-state index is -5.19. The molecule has 0 saturated carbocycles. The largest absolute Gasteiger partial charge is 0.542 e. The number of nitrogens with zero attached hydrogens (tertiary/aromatic N) is 1. The van der Waals surface area contributed by atoms with Gasteiger partial charge in [0.05, 0.1) is 13.1 Å². The van der Waals surface area contributed by atoms with Crippen LogP contribution in [-0.4, -0.2) is 77.9 Å². The van der Waals surface area contributed by atoms with Gasteiger partial charge in [0, 0.05) is 35.6 Å². The monoisotopic (exact) mass is 752 g/mol. The normalized spacial score (nSPS) is 20.0. The Morgan fingerprint density at radius 3 is 1.96 bits per heavy atom. The number of carboxylic acids is 2. The van der Waals surface area contributed by atoms with Crippen molar-refractivity contribution in [2.45, 2.75) is 43.9 Å². The maximum Gasteiger partial charge on any atom is 0.490 e. The number of alkyl halides is 6. The smallest absolute Gasteiger partial charge is 0.490 e. The molecule has 52 heavy (non-hydrogen) atoms. The molecule has 0 spiro atoms. The fraction of sp³-hybridized carbons (Fsp3) is 0.333. The van der Waals surface area contributed by atoms with Crippen molar-refractivity contribution < 1.29 is 65.0 Å². The van der Waals surface area contributed by atoms with Gasteiger partial charge in [-0.25, -0.2) is 9.59 Å². The Morgan fingerprint density at radius 1 is 0.865 bits per heavy atom. The van der Waals surface area contributed by atoms with Crippen LogP contribution < -0.4 is 10.4 Å². The van der Waals surface area contributed by atoms with E-state index in [1.165, 1.54) is 0 Å². The predicted octanol–water partition coefficient (Wildman–Crippen LogP) is 5.70. The molecular formula is C36H34F6N2O7S. The summed E-state index contributed by atoms with van der Waals surface area (Å²) in [5, 5.41) is 22.6. The van der Waals surface area contributed by atoms with Crippen LogP contribution in [0.4, 0.5) is 26.3 Å². The van der Waals surface area contributed by atoms with Crippen LogP contribution >= 0.6 is 11.3 Å². The van der Waals surface area contributed by atoms with E-state index in [2.05, 4.69) is 35.0 Å². The number of aliphatic carboxylic acids is 2. The Labute approximate surface area is 298 Å². The molecule has 3 saturated heterocycles. The van der Waals surface area contributed by atoms with E-state index in [1.807, 2.05) is 60.7 Å². The van der Waals surface area contributed by atoms with Gasteiger partial charge in [0.15, 0.2) is 6.10 Å². The van der Waals surface area contributed by atoms with E-state index in [4.69, 9.17) is 24.5 Å². The number of nitrogens with one attached hydrogen (secondary N) is 1. The zero-order valence-corrected chi connectivity index (χ0v) is 28.2. The number of carbonyl (C=O) groups excluding carboxylic acids is 3. The fourth-order valence-electron chi connectivity index (χ4n) is 6.17. The van der Waals surface area contributed by atoms with Gasteiger partial charge in [-0.3, -0.25) is 10.1 Å². The summed E-state index contributed by atoms with van der Waals surface area (Å²) in [6.07, 6.45) is -8.47. The average molecular weight is 753 g/mol. The molecular weight excluding hydrogens is 718 g/mol. The Kier molecular flexibility index (Phi) is 13.2. The highest BCUT2D eigenvalue weighted by molar-refractivity contribution is 7.17. The van der Waals surface area contributed by atoms with Gasteiger partial charge in [-0.2, -0.15) is 26.3 Å². The maximum atomic E-state index is 13.8. The zero-order chi connectivity index (χ0) is 38.1. The number of ether oxygens (including phenoxy) is 1. The minimum absolute atomic E-state index is 0.167.